The summed E-state index contributed by atoms with van der Waals surface area (Å²) >= 11 is 0. The Labute approximate surface area is 504 Å². The van der Waals surface area contributed by atoms with Crippen molar-refractivity contribution in [3.8, 4) is 11.1 Å². The molecule has 0 fully saturated rings. The summed E-state index contributed by atoms with van der Waals surface area (Å²) in [7, 11) is 0. The maximum atomic E-state index is 13.0. The number of carboxylic acid groups (broad SMARTS) is 1. The van der Waals surface area contributed by atoms with Crippen LogP contribution in [0.2, 0.25) is 0 Å². The number of alkyl carbamates (subject to hydrolysis) is 1. The highest BCUT2D eigenvalue weighted by atomic mass is 16.6. The number of carbonyl (C=O) groups excluding carboxylic acids is 7. The van der Waals surface area contributed by atoms with Gasteiger partial charge in [-0.2, -0.15) is 0 Å². The molecule has 85 heavy (non-hydrogen) atoms. The van der Waals surface area contributed by atoms with Crippen LogP contribution in [-0.4, -0.2) is 155 Å². The third-order valence-electron chi connectivity index (χ3n) is 13.7. The van der Waals surface area contributed by atoms with Crippen LogP contribution < -0.4 is 26.6 Å². The highest BCUT2D eigenvalue weighted by molar-refractivity contribution is 5.86. The zero-order chi connectivity index (χ0) is 62.1. The van der Waals surface area contributed by atoms with Crippen molar-refractivity contribution in [2.24, 2.45) is 0 Å². The monoisotopic (exact) mass is 1200 g/mol. The zero-order valence-electron chi connectivity index (χ0n) is 51.8. The fraction of sp³-hybridized carbons (Fsp3) is 0.688. The average Bonchev–Trinajstić information content (AvgIpc) is 3.59. The highest BCUT2D eigenvalue weighted by Crippen LogP contribution is 2.44. The molecule has 0 saturated carbocycles. The summed E-state index contributed by atoms with van der Waals surface area (Å²) in [6, 6.07) is 13.8. The molecule has 478 valence electrons. The number of amides is 5. The minimum atomic E-state index is -1.18. The average molecular weight is 1200 g/mol. The van der Waals surface area contributed by atoms with Crippen molar-refractivity contribution in [3.63, 3.8) is 0 Å². The Kier molecular flexibility index (Phi) is 36.7. The Balaban J connectivity index is 1.09. The number of unbranched alkanes of at least 4 members (excludes halogenated alkanes) is 14. The summed E-state index contributed by atoms with van der Waals surface area (Å²) in [6.07, 6.45) is 16.7. The van der Waals surface area contributed by atoms with Crippen LogP contribution in [0.15, 0.2) is 48.5 Å². The first-order valence-corrected chi connectivity index (χ1v) is 30.9. The molecule has 3 rings (SSSR count). The highest BCUT2D eigenvalue weighted by Gasteiger charge is 2.31. The van der Waals surface area contributed by atoms with Gasteiger partial charge in [0.2, 0.25) is 23.6 Å². The van der Waals surface area contributed by atoms with Gasteiger partial charge in [0.15, 0.2) is 0 Å². The Morgan fingerprint density at radius 3 is 1.42 bits per heavy atom. The second-order valence-electron chi connectivity index (χ2n) is 23.5. The fourth-order valence-electron chi connectivity index (χ4n) is 9.46. The fourth-order valence-corrected chi connectivity index (χ4v) is 9.46. The van der Waals surface area contributed by atoms with Gasteiger partial charge in [-0.1, -0.05) is 126 Å². The summed E-state index contributed by atoms with van der Waals surface area (Å²) in [5.74, 6) is -3.24. The number of esters is 2. The first kappa shape index (κ1) is 73.1. The molecule has 5 amide bonds. The maximum absolute atomic E-state index is 13.0. The third kappa shape index (κ3) is 35.2. The molecule has 0 saturated heterocycles. The number of carbonyl (C=O) groups is 8. The van der Waals surface area contributed by atoms with E-state index in [4.69, 9.17) is 33.2 Å². The van der Waals surface area contributed by atoms with Crippen LogP contribution in [-0.2, 0) is 66.7 Å². The SMILES string of the molecule is CC(C)(C)OC(=O)CCCCCCCCCCCCCCCCC(=O)N[C@@H](CCC(=O)NCCOCCOCC(=O)NCCOCCOCC(=O)NCCCCC(NC(=O)OCC1c2ccccc2-c2ccccc21)C(=O)O)C(=O)OC(C)(C)C. The molecule has 0 aliphatic heterocycles. The largest absolute Gasteiger partial charge is 0.480 e. The lowest BCUT2D eigenvalue weighted by Gasteiger charge is -2.24. The number of aliphatic carboxylic acids is 1. The van der Waals surface area contributed by atoms with Gasteiger partial charge in [0.1, 0.15) is 43.1 Å². The molecule has 6 N–H and O–H groups in total. The first-order chi connectivity index (χ1) is 40.7. The quantitative estimate of drug-likeness (QED) is 0.0205. The number of hydrogen-bond donors (Lipinski definition) is 6. The minimum Gasteiger partial charge on any atom is -0.480 e. The lowest BCUT2D eigenvalue weighted by Crippen LogP contribution is -2.44. The molecular formula is C64H101N5O16. The summed E-state index contributed by atoms with van der Waals surface area (Å²) in [6.45, 7) is 12.5. The van der Waals surface area contributed by atoms with Crippen LogP contribution >= 0.6 is 0 Å². The molecule has 1 aliphatic carbocycles. The van der Waals surface area contributed by atoms with E-state index in [-0.39, 0.29) is 127 Å². The number of hydrogen-bond acceptors (Lipinski definition) is 15. The molecular weight excluding hydrogens is 1090 g/mol. The van der Waals surface area contributed by atoms with E-state index in [1.165, 1.54) is 44.9 Å². The second-order valence-corrected chi connectivity index (χ2v) is 23.5. The normalized spacial score (nSPS) is 12.7. The van der Waals surface area contributed by atoms with E-state index in [1.807, 2.05) is 69.3 Å². The number of ether oxygens (including phenoxy) is 7. The first-order valence-electron chi connectivity index (χ1n) is 30.9. The van der Waals surface area contributed by atoms with Crippen LogP contribution in [0.25, 0.3) is 11.1 Å². The van der Waals surface area contributed by atoms with Gasteiger partial charge in [-0.3, -0.25) is 24.0 Å². The predicted octanol–water partition coefficient (Wildman–Crippen LogP) is 8.75. The van der Waals surface area contributed by atoms with Gasteiger partial charge < -0.3 is 64.8 Å². The molecule has 2 aromatic carbocycles. The van der Waals surface area contributed by atoms with E-state index in [9.17, 15) is 43.5 Å². The lowest BCUT2D eigenvalue weighted by molar-refractivity contribution is -0.159. The van der Waals surface area contributed by atoms with Crippen LogP contribution in [0.1, 0.15) is 193 Å². The summed E-state index contributed by atoms with van der Waals surface area (Å²) in [5.41, 5.74) is 3.11. The van der Waals surface area contributed by atoms with E-state index in [1.54, 1.807) is 20.8 Å². The molecule has 0 aromatic heterocycles. The molecule has 2 atom stereocenters. The Morgan fingerprint density at radius 2 is 0.918 bits per heavy atom. The molecule has 21 nitrogen and oxygen atoms in total. The third-order valence-corrected chi connectivity index (χ3v) is 13.7. The van der Waals surface area contributed by atoms with E-state index in [2.05, 4.69) is 26.6 Å². The van der Waals surface area contributed by atoms with Gasteiger partial charge >= 0.3 is 24.0 Å². The van der Waals surface area contributed by atoms with Gasteiger partial charge in [0.25, 0.3) is 0 Å². The summed E-state index contributed by atoms with van der Waals surface area (Å²) in [5, 5.41) is 23.1. The second kappa shape index (κ2) is 42.6. The topological polar surface area (TPSA) is 282 Å². The molecule has 0 heterocycles. The van der Waals surface area contributed by atoms with Crippen LogP contribution in [0, 0.1) is 0 Å². The van der Waals surface area contributed by atoms with Crippen molar-refractivity contribution >= 4 is 47.6 Å². The van der Waals surface area contributed by atoms with E-state index < -0.39 is 41.3 Å². The maximum Gasteiger partial charge on any atom is 0.407 e. The van der Waals surface area contributed by atoms with Crippen LogP contribution in [0.4, 0.5) is 4.79 Å². The van der Waals surface area contributed by atoms with Crippen molar-refractivity contribution in [3.05, 3.63) is 59.7 Å². The number of fused-ring (bicyclic) bond motifs is 3. The number of nitrogens with one attached hydrogen (secondary N) is 5. The van der Waals surface area contributed by atoms with Gasteiger partial charge in [0.05, 0.1) is 39.6 Å². The van der Waals surface area contributed by atoms with Gasteiger partial charge in [-0.05, 0) is 102 Å². The Bertz CT molecular complexity index is 2260. The Morgan fingerprint density at radius 1 is 0.459 bits per heavy atom. The molecule has 1 aliphatic rings. The van der Waals surface area contributed by atoms with Gasteiger partial charge in [-0.25, -0.2) is 14.4 Å². The van der Waals surface area contributed by atoms with E-state index >= 15 is 0 Å². The van der Waals surface area contributed by atoms with Crippen LogP contribution in [0.5, 0.6) is 0 Å². The van der Waals surface area contributed by atoms with Gasteiger partial charge in [0, 0.05) is 44.8 Å². The van der Waals surface area contributed by atoms with Crippen molar-refractivity contribution in [2.45, 2.75) is 206 Å². The lowest BCUT2D eigenvalue weighted by atomic mass is 9.98. The predicted molar refractivity (Wildman–Crippen MR) is 323 cm³/mol. The van der Waals surface area contributed by atoms with E-state index in [0.717, 1.165) is 67.2 Å². The van der Waals surface area contributed by atoms with Crippen molar-refractivity contribution in [2.75, 3.05) is 79.1 Å². The minimum absolute atomic E-state index is 0.00203. The summed E-state index contributed by atoms with van der Waals surface area (Å²) < 4.78 is 38.1. The number of carboxylic acids is 1. The van der Waals surface area contributed by atoms with E-state index in [0.29, 0.717) is 32.2 Å². The zero-order valence-corrected chi connectivity index (χ0v) is 51.8. The van der Waals surface area contributed by atoms with Crippen molar-refractivity contribution in [1.82, 2.24) is 26.6 Å². The Hall–Kier alpha value is -6.16. The number of rotatable bonds is 47. The molecule has 21 heteroatoms. The summed E-state index contributed by atoms with van der Waals surface area (Å²) in [4.78, 5) is 99.1. The molecule has 2 aromatic rings. The smallest absolute Gasteiger partial charge is 0.407 e. The van der Waals surface area contributed by atoms with Crippen molar-refractivity contribution in [1.29, 1.82) is 0 Å². The molecule has 0 bridgehead atoms. The molecule has 1 unspecified atom stereocenters. The molecule has 0 radical (unpaired) electrons. The number of benzene rings is 2. The standard InChI is InChI=1S/C64H101N5O16/c1-63(2,3)84-59(74)33-20-18-16-14-12-10-8-7-9-11-13-15-17-19-32-56(71)68-54(61(77)85-64(4,5)6)34-35-55(70)66-37-39-79-41-44-82-47-58(73)67-38-40-80-42-43-81-46-57(72)65-36-26-25-31-53(60(75)76)69-62(78)83-45-52-50-29-23-21-27-48(50)49-28-22-24-30-51(49)52/h21-24,27-30,52-54H,7-20,25-26,31-47H2,1-6H3,(H,65,72)(H,66,70)(H,67,73)(H,68,71)(H,69,78)(H,75,76)/t53?,54-/m0/s1. The molecule has 0 spiro atoms. The van der Waals surface area contributed by atoms with Crippen molar-refractivity contribution < 1.29 is 76.6 Å². The van der Waals surface area contributed by atoms with Crippen LogP contribution in [0.3, 0.4) is 0 Å². The van der Waals surface area contributed by atoms with Gasteiger partial charge in [-0.15, -0.1) is 0 Å².